The van der Waals surface area contributed by atoms with Crippen molar-refractivity contribution in [2.75, 3.05) is 4.90 Å². The fourth-order valence-corrected chi connectivity index (χ4v) is 4.42. The van der Waals surface area contributed by atoms with E-state index >= 15 is 0 Å². The summed E-state index contributed by atoms with van der Waals surface area (Å²) in [5, 5.41) is 0.954. The molecule has 1 amide bonds. The van der Waals surface area contributed by atoms with Crippen LogP contribution in [-0.2, 0) is 16.8 Å². The number of halogens is 3. The zero-order chi connectivity index (χ0) is 19.2. The van der Waals surface area contributed by atoms with Crippen LogP contribution in [0.1, 0.15) is 18.9 Å². The molecule has 2 aromatic carbocycles. The molecule has 0 saturated heterocycles. The summed E-state index contributed by atoms with van der Waals surface area (Å²) >= 11 is 15.8. The van der Waals surface area contributed by atoms with Gasteiger partial charge in [0.2, 0.25) is 5.95 Å². The zero-order valence-electron chi connectivity index (χ0n) is 14.5. The van der Waals surface area contributed by atoms with E-state index in [4.69, 9.17) is 23.2 Å². The molecule has 0 radical (unpaired) electrons. The largest absolute Gasteiger partial charge is 0.301 e. The van der Waals surface area contributed by atoms with E-state index in [-0.39, 0.29) is 5.91 Å². The van der Waals surface area contributed by atoms with E-state index < -0.39 is 5.54 Å². The predicted octanol–water partition coefficient (Wildman–Crippen LogP) is 5.98. The first-order chi connectivity index (χ1) is 12.9. The molecule has 3 aromatic rings. The maximum atomic E-state index is 13.6. The van der Waals surface area contributed by atoms with Gasteiger partial charge in [0, 0.05) is 33.3 Å². The molecule has 0 fully saturated rings. The van der Waals surface area contributed by atoms with Crippen LogP contribution in [0.25, 0.3) is 0 Å². The number of carbonyl (C=O) groups excluding carboxylic acids is 1. The van der Waals surface area contributed by atoms with Crippen molar-refractivity contribution in [3.8, 4) is 0 Å². The third-order valence-corrected chi connectivity index (χ3v) is 5.95. The molecule has 1 aliphatic rings. The number of hydrogen-bond donors (Lipinski definition) is 0. The van der Waals surface area contributed by atoms with Gasteiger partial charge >= 0.3 is 0 Å². The van der Waals surface area contributed by atoms with Crippen molar-refractivity contribution >= 4 is 56.7 Å². The molecule has 0 bridgehead atoms. The van der Waals surface area contributed by atoms with E-state index in [2.05, 4.69) is 20.9 Å². The van der Waals surface area contributed by atoms with Gasteiger partial charge in [-0.05, 0) is 42.3 Å². The van der Waals surface area contributed by atoms with Crippen molar-refractivity contribution in [2.24, 2.45) is 0 Å². The standard InChI is InChI=1S/C20H16BrCl2N3O/c1-2-20(12-13-3-5-14(21)6-4-13)18(27)26(19-24-7-8-25(19)20)17-10-15(22)9-16(23)11-17/h3-11H,2,12H2,1H3. The van der Waals surface area contributed by atoms with Crippen molar-refractivity contribution in [3.05, 3.63) is 74.9 Å². The SMILES string of the molecule is CCC1(Cc2ccc(Br)cc2)C(=O)N(c2cc(Cl)cc(Cl)c2)c2nccn21. The first-order valence-corrected chi connectivity index (χ1v) is 10.1. The van der Waals surface area contributed by atoms with E-state index in [1.807, 2.05) is 42.0 Å². The number of anilines is 2. The maximum Gasteiger partial charge on any atom is 0.260 e. The Balaban J connectivity index is 1.82. The molecule has 4 nitrogen and oxygen atoms in total. The Labute approximate surface area is 175 Å². The lowest BCUT2D eigenvalue weighted by atomic mass is 9.87. The zero-order valence-corrected chi connectivity index (χ0v) is 17.6. The highest BCUT2D eigenvalue weighted by molar-refractivity contribution is 9.10. The van der Waals surface area contributed by atoms with Gasteiger partial charge in [0.25, 0.3) is 5.91 Å². The normalized spacial score (nSPS) is 18.8. The second-order valence-corrected chi connectivity index (χ2v) is 8.34. The fourth-order valence-electron chi connectivity index (χ4n) is 3.65. The second kappa shape index (κ2) is 6.97. The minimum atomic E-state index is -0.742. The van der Waals surface area contributed by atoms with Crippen LogP contribution in [0.3, 0.4) is 0 Å². The lowest BCUT2D eigenvalue weighted by molar-refractivity contribution is -0.124. The van der Waals surface area contributed by atoms with Crippen LogP contribution in [-0.4, -0.2) is 15.5 Å². The van der Waals surface area contributed by atoms with E-state index in [1.54, 1.807) is 29.3 Å². The number of aromatic nitrogens is 2. The summed E-state index contributed by atoms with van der Waals surface area (Å²) in [4.78, 5) is 19.7. The molecule has 2 heterocycles. The number of hydrogen-bond acceptors (Lipinski definition) is 2. The molecule has 0 aliphatic carbocycles. The summed E-state index contributed by atoms with van der Waals surface area (Å²) in [5.41, 5.74) is 0.962. The quantitative estimate of drug-likeness (QED) is 0.476. The highest BCUT2D eigenvalue weighted by atomic mass is 79.9. The van der Waals surface area contributed by atoms with Crippen LogP contribution in [0, 0.1) is 0 Å². The summed E-state index contributed by atoms with van der Waals surface area (Å²) in [7, 11) is 0. The molecule has 1 unspecified atom stereocenters. The molecule has 1 aromatic heterocycles. The molecule has 0 N–H and O–H groups in total. The lowest BCUT2D eigenvalue weighted by Gasteiger charge is -2.28. The Morgan fingerprint density at radius 2 is 1.78 bits per heavy atom. The van der Waals surface area contributed by atoms with Crippen molar-refractivity contribution in [1.29, 1.82) is 0 Å². The maximum absolute atomic E-state index is 13.6. The average molecular weight is 465 g/mol. The first kappa shape index (κ1) is 18.5. The number of benzene rings is 2. The monoisotopic (exact) mass is 463 g/mol. The molecule has 4 rings (SSSR count). The minimum Gasteiger partial charge on any atom is -0.301 e. The Bertz CT molecular complexity index is 998. The van der Waals surface area contributed by atoms with Gasteiger partial charge in [-0.2, -0.15) is 0 Å². The van der Waals surface area contributed by atoms with Crippen LogP contribution < -0.4 is 4.90 Å². The second-order valence-electron chi connectivity index (χ2n) is 6.55. The molecule has 138 valence electrons. The number of nitrogens with zero attached hydrogens (tertiary/aromatic N) is 3. The first-order valence-electron chi connectivity index (χ1n) is 8.53. The highest BCUT2D eigenvalue weighted by Crippen LogP contribution is 2.43. The number of rotatable bonds is 4. The van der Waals surface area contributed by atoms with Crippen molar-refractivity contribution in [2.45, 2.75) is 25.3 Å². The van der Waals surface area contributed by atoms with E-state index in [0.29, 0.717) is 34.5 Å². The highest BCUT2D eigenvalue weighted by Gasteiger charge is 2.50. The van der Waals surface area contributed by atoms with Crippen LogP contribution >= 0.6 is 39.1 Å². The molecular weight excluding hydrogens is 449 g/mol. The minimum absolute atomic E-state index is 0.0330. The van der Waals surface area contributed by atoms with Crippen LogP contribution in [0.2, 0.25) is 10.0 Å². The Kier molecular flexibility index (Phi) is 4.78. The summed E-state index contributed by atoms with van der Waals surface area (Å²) in [6.07, 6.45) is 4.79. The van der Waals surface area contributed by atoms with Crippen molar-refractivity contribution in [1.82, 2.24) is 9.55 Å². The van der Waals surface area contributed by atoms with Crippen LogP contribution in [0.4, 0.5) is 11.6 Å². The van der Waals surface area contributed by atoms with Gasteiger partial charge in [-0.3, -0.25) is 4.79 Å². The van der Waals surface area contributed by atoms with Crippen molar-refractivity contribution in [3.63, 3.8) is 0 Å². The molecule has 27 heavy (non-hydrogen) atoms. The van der Waals surface area contributed by atoms with Gasteiger partial charge in [-0.15, -0.1) is 0 Å². The molecule has 1 aliphatic heterocycles. The average Bonchev–Trinajstić information content (AvgIpc) is 3.17. The Morgan fingerprint density at radius 1 is 1.11 bits per heavy atom. The number of amides is 1. The van der Waals surface area contributed by atoms with Gasteiger partial charge in [0.05, 0.1) is 5.69 Å². The summed E-state index contributed by atoms with van der Waals surface area (Å²) < 4.78 is 2.97. The lowest BCUT2D eigenvalue weighted by Crippen LogP contribution is -2.43. The van der Waals surface area contributed by atoms with E-state index in [9.17, 15) is 4.79 Å². The molecular formula is C20H16BrCl2N3O. The van der Waals surface area contributed by atoms with Gasteiger partial charge < -0.3 is 4.57 Å². The predicted molar refractivity (Wildman–Crippen MR) is 112 cm³/mol. The summed E-state index contributed by atoms with van der Waals surface area (Å²) in [5.74, 6) is 0.548. The molecule has 0 spiro atoms. The van der Waals surface area contributed by atoms with Crippen LogP contribution in [0.5, 0.6) is 0 Å². The number of fused-ring (bicyclic) bond motifs is 1. The summed E-state index contributed by atoms with van der Waals surface area (Å²) in [6.45, 7) is 2.02. The molecule has 1 atom stereocenters. The number of imidazole rings is 1. The van der Waals surface area contributed by atoms with Gasteiger partial charge in [-0.1, -0.05) is 58.2 Å². The van der Waals surface area contributed by atoms with E-state index in [1.165, 1.54) is 0 Å². The number of carbonyl (C=O) groups is 1. The van der Waals surface area contributed by atoms with E-state index in [0.717, 1.165) is 10.0 Å². The van der Waals surface area contributed by atoms with Crippen molar-refractivity contribution < 1.29 is 4.79 Å². The Morgan fingerprint density at radius 3 is 2.41 bits per heavy atom. The topological polar surface area (TPSA) is 38.1 Å². The summed E-state index contributed by atoms with van der Waals surface area (Å²) in [6, 6.07) is 13.2. The van der Waals surface area contributed by atoms with Gasteiger partial charge in [0.15, 0.2) is 0 Å². The van der Waals surface area contributed by atoms with Gasteiger partial charge in [-0.25, -0.2) is 9.88 Å². The van der Waals surface area contributed by atoms with Crippen LogP contribution in [0.15, 0.2) is 59.3 Å². The Hall–Kier alpha value is -1.82. The third kappa shape index (κ3) is 3.08. The third-order valence-electron chi connectivity index (χ3n) is 4.98. The smallest absolute Gasteiger partial charge is 0.260 e. The fraction of sp³-hybridized carbons (Fsp3) is 0.200. The molecule has 7 heteroatoms. The molecule has 0 saturated carbocycles. The van der Waals surface area contributed by atoms with Gasteiger partial charge in [0.1, 0.15) is 5.54 Å².